The van der Waals surface area contributed by atoms with Gasteiger partial charge in [-0.1, -0.05) is 24.3 Å². The molecular weight excluding hydrogens is 351 g/mol. The number of cyclic esters (lactones) is 1. The average Bonchev–Trinajstić information content (AvgIpc) is 2.59. The number of nitrogens with one attached hydrogen (secondary N) is 2. The number of aromatic nitrogens is 1. The van der Waals surface area contributed by atoms with Gasteiger partial charge < -0.3 is 10.1 Å². The van der Waals surface area contributed by atoms with Gasteiger partial charge in [-0.15, -0.1) is 0 Å². The Bertz CT molecular complexity index is 827. The maximum absolute atomic E-state index is 13.9. The lowest BCUT2D eigenvalue weighted by Crippen LogP contribution is -2.56. The zero-order chi connectivity index (χ0) is 18.8. The highest BCUT2D eigenvalue weighted by molar-refractivity contribution is 5.89. The molecule has 2 aromatic rings. The maximum atomic E-state index is 13.9. The van der Waals surface area contributed by atoms with E-state index in [1.54, 1.807) is 18.2 Å². The van der Waals surface area contributed by atoms with Crippen molar-refractivity contribution in [3.8, 4) is 0 Å². The quantitative estimate of drug-likeness (QED) is 0.873. The van der Waals surface area contributed by atoms with Gasteiger partial charge in [0.15, 0.2) is 0 Å². The van der Waals surface area contributed by atoms with E-state index in [-0.39, 0.29) is 17.7 Å². The van der Waals surface area contributed by atoms with E-state index in [1.165, 1.54) is 30.5 Å². The van der Waals surface area contributed by atoms with Crippen LogP contribution in [-0.4, -0.2) is 29.7 Å². The van der Waals surface area contributed by atoms with E-state index in [2.05, 4.69) is 20.4 Å². The first-order chi connectivity index (χ1) is 12.3. The molecule has 1 atom stereocenters. The van der Waals surface area contributed by atoms with Gasteiger partial charge >= 0.3 is 12.3 Å². The smallest absolute Gasteiger partial charge is 0.426 e. The number of alkyl halides is 3. The van der Waals surface area contributed by atoms with Crippen molar-refractivity contribution in [2.75, 3.05) is 11.9 Å². The molecule has 6 nitrogen and oxygen atoms in total. The molecule has 0 aliphatic carbocycles. The molecule has 0 fully saturated rings. The predicted molar refractivity (Wildman–Crippen MR) is 85.2 cm³/mol. The summed E-state index contributed by atoms with van der Waals surface area (Å²) in [5, 5.41) is 4.44. The number of hydrogen-bond acceptors (Lipinski definition) is 4. The Hall–Kier alpha value is -3.10. The Kier molecular flexibility index (Phi) is 4.54. The zero-order valence-electron chi connectivity index (χ0n) is 13.3. The molecule has 0 bridgehead atoms. The van der Waals surface area contributed by atoms with Crippen LogP contribution in [0.3, 0.4) is 0 Å². The molecule has 9 heteroatoms. The van der Waals surface area contributed by atoms with Gasteiger partial charge in [-0.2, -0.15) is 13.2 Å². The van der Waals surface area contributed by atoms with E-state index in [1.807, 2.05) is 0 Å². The molecule has 1 unspecified atom stereocenters. The minimum Gasteiger partial charge on any atom is -0.426 e. The van der Waals surface area contributed by atoms with Crippen molar-refractivity contribution in [3.63, 3.8) is 0 Å². The third-order valence-electron chi connectivity index (χ3n) is 3.93. The van der Waals surface area contributed by atoms with E-state index in [9.17, 15) is 22.8 Å². The first-order valence-electron chi connectivity index (χ1n) is 7.65. The standard InChI is InChI=1S/C17H14F3N3O3/c18-17(19,20)16(10-22-14(24)9-11-5-3-4-8-21-11)12-6-1-2-7-13(12)23-15(25)26-16/h1-8H,9-10H2,(H,22,24)(H,23,25). The number of pyridine rings is 1. The van der Waals surface area contributed by atoms with Crippen molar-refractivity contribution in [1.29, 1.82) is 0 Å². The Morgan fingerprint density at radius 3 is 2.62 bits per heavy atom. The minimum absolute atomic E-state index is 0.0138. The lowest BCUT2D eigenvalue weighted by atomic mass is 9.89. The van der Waals surface area contributed by atoms with Gasteiger partial charge in [0.2, 0.25) is 5.91 Å². The number of amides is 2. The third-order valence-corrected chi connectivity index (χ3v) is 3.93. The van der Waals surface area contributed by atoms with Gasteiger partial charge in [0.05, 0.1) is 18.7 Å². The number of fused-ring (bicyclic) bond motifs is 1. The van der Waals surface area contributed by atoms with Gasteiger partial charge in [-0.25, -0.2) is 4.79 Å². The van der Waals surface area contributed by atoms with E-state index in [4.69, 9.17) is 0 Å². The summed E-state index contributed by atoms with van der Waals surface area (Å²) in [6, 6.07) is 10.3. The average molecular weight is 365 g/mol. The molecule has 0 spiro atoms. The van der Waals surface area contributed by atoms with Crippen LogP contribution in [0.5, 0.6) is 0 Å². The van der Waals surface area contributed by atoms with Crippen molar-refractivity contribution in [2.45, 2.75) is 18.2 Å². The lowest BCUT2D eigenvalue weighted by Gasteiger charge is -2.39. The molecule has 3 rings (SSSR count). The van der Waals surface area contributed by atoms with E-state index < -0.39 is 30.3 Å². The molecule has 1 aromatic heterocycles. The Balaban J connectivity index is 1.86. The van der Waals surface area contributed by atoms with Crippen molar-refractivity contribution >= 4 is 17.7 Å². The first-order valence-corrected chi connectivity index (χ1v) is 7.65. The summed E-state index contributed by atoms with van der Waals surface area (Å²) < 4.78 is 46.2. The third kappa shape index (κ3) is 3.32. The highest BCUT2D eigenvalue weighted by atomic mass is 19.4. The van der Waals surface area contributed by atoms with E-state index in [0.717, 1.165) is 0 Å². The number of ether oxygens (including phenoxy) is 1. The number of para-hydroxylation sites is 1. The van der Waals surface area contributed by atoms with Crippen LogP contribution < -0.4 is 10.6 Å². The molecule has 26 heavy (non-hydrogen) atoms. The zero-order valence-corrected chi connectivity index (χ0v) is 13.3. The van der Waals surface area contributed by atoms with Gasteiger partial charge in [0.25, 0.3) is 5.60 Å². The number of anilines is 1. The number of benzene rings is 1. The molecule has 2 heterocycles. The van der Waals surface area contributed by atoms with Crippen LogP contribution >= 0.6 is 0 Å². The molecule has 1 aromatic carbocycles. The number of carbonyl (C=O) groups is 2. The molecule has 2 amide bonds. The Morgan fingerprint density at radius 2 is 1.92 bits per heavy atom. The molecule has 1 aliphatic rings. The van der Waals surface area contributed by atoms with E-state index >= 15 is 0 Å². The molecular formula is C17H14F3N3O3. The summed E-state index contributed by atoms with van der Waals surface area (Å²) >= 11 is 0. The van der Waals surface area contributed by atoms with Crippen molar-refractivity contribution in [2.24, 2.45) is 0 Å². The molecule has 1 aliphatic heterocycles. The van der Waals surface area contributed by atoms with Crippen LogP contribution in [0.15, 0.2) is 48.7 Å². The fraction of sp³-hybridized carbons (Fsp3) is 0.235. The van der Waals surface area contributed by atoms with Gasteiger partial charge in [0.1, 0.15) is 0 Å². The van der Waals surface area contributed by atoms with Crippen LogP contribution in [0, 0.1) is 0 Å². The van der Waals surface area contributed by atoms with Crippen molar-refractivity contribution in [1.82, 2.24) is 10.3 Å². The normalized spacial score (nSPS) is 19.1. The predicted octanol–water partition coefficient (Wildman–Crippen LogP) is 2.76. The van der Waals surface area contributed by atoms with Crippen molar-refractivity contribution in [3.05, 3.63) is 59.9 Å². The monoisotopic (exact) mass is 365 g/mol. The topological polar surface area (TPSA) is 80.3 Å². The van der Waals surface area contributed by atoms with Crippen LogP contribution in [0.1, 0.15) is 11.3 Å². The van der Waals surface area contributed by atoms with Crippen LogP contribution in [-0.2, 0) is 21.6 Å². The number of carbonyl (C=O) groups excluding carboxylic acids is 2. The molecule has 0 saturated carbocycles. The summed E-state index contributed by atoms with van der Waals surface area (Å²) in [5.74, 6) is -0.667. The summed E-state index contributed by atoms with van der Waals surface area (Å²) in [5.41, 5.74) is -2.84. The number of rotatable bonds is 4. The summed E-state index contributed by atoms with van der Waals surface area (Å²) in [6.07, 6.45) is -4.88. The minimum atomic E-state index is -4.93. The second-order valence-electron chi connectivity index (χ2n) is 5.66. The molecule has 0 saturated heterocycles. The van der Waals surface area contributed by atoms with E-state index in [0.29, 0.717) is 5.69 Å². The first kappa shape index (κ1) is 17.7. The molecule has 2 N–H and O–H groups in total. The van der Waals surface area contributed by atoms with Gasteiger partial charge in [0, 0.05) is 17.5 Å². The number of nitrogens with zero attached hydrogens (tertiary/aromatic N) is 1. The fourth-order valence-corrected chi connectivity index (χ4v) is 2.69. The van der Waals surface area contributed by atoms with Crippen LogP contribution in [0.4, 0.5) is 23.7 Å². The highest BCUT2D eigenvalue weighted by Gasteiger charge is 2.62. The lowest BCUT2D eigenvalue weighted by molar-refractivity contribution is -0.262. The van der Waals surface area contributed by atoms with Crippen LogP contribution in [0.2, 0.25) is 0 Å². The number of halogens is 3. The second kappa shape index (κ2) is 6.66. The molecule has 136 valence electrons. The summed E-state index contributed by atoms with van der Waals surface area (Å²) in [4.78, 5) is 27.7. The van der Waals surface area contributed by atoms with Crippen molar-refractivity contribution < 1.29 is 27.5 Å². The highest BCUT2D eigenvalue weighted by Crippen LogP contribution is 2.46. The SMILES string of the molecule is O=C(Cc1ccccn1)NCC1(C(F)(F)F)OC(=O)Nc2ccccc21. The molecule has 0 radical (unpaired) electrons. The Labute approximate surface area is 146 Å². The summed E-state index contributed by atoms with van der Waals surface area (Å²) in [7, 11) is 0. The maximum Gasteiger partial charge on any atom is 0.434 e. The summed E-state index contributed by atoms with van der Waals surface area (Å²) in [6.45, 7) is -0.938. The van der Waals surface area contributed by atoms with Gasteiger partial charge in [-0.3, -0.25) is 15.1 Å². The largest absolute Gasteiger partial charge is 0.434 e. The number of hydrogen-bond donors (Lipinski definition) is 2. The Morgan fingerprint density at radius 1 is 1.19 bits per heavy atom. The second-order valence-corrected chi connectivity index (χ2v) is 5.66. The van der Waals surface area contributed by atoms with Crippen LogP contribution in [0.25, 0.3) is 0 Å². The fourth-order valence-electron chi connectivity index (χ4n) is 2.69. The van der Waals surface area contributed by atoms with Gasteiger partial charge in [-0.05, 0) is 18.2 Å².